The van der Waals surface area contributed by atoms with Gasteiger partial charge in [0.15, 0.2) is 11.6 Å². The molecule has 4 nitrogen and oxygen atoms in total. The van der Waals surface area contributed by atoms with Gasteiger partial charge >= 0.3 is 0 Å². The predicted molar refractivity (Wildman–Crippen MR) is 69.6 cm³/mol. The highest BCUT2D eigenvalue weighted by atomic mass is 19.2. The number of rotatable bonds is 2. The minimum Gasteiger partial charge on any atom is -0.399 e. The molecule has 2 rings (SSSR count). The number of amides is 1. The molecule has 0 saturated heterocycles. The first-order valence-corrected chi connectivity index (χ1v) is 5.39. The van der Waals surface area contributed by atoms with Crippen molar-refractivity contribution < 1.29 is 13.6 Å². The molecule has 0 aromatic heterocycles. The second kappa shape index (κ2) is 4.93. The van der Waals surface area contributed by atoms with Crippen molar-refractivity contribution in [3.05, 3.63) is 53.6 Å². The van der Waals surface area contributed by atoms with E-state index < -0.39 is 17.5 Å². The number of hydrogen-bond acceptors (Lipinski definition) is 3. The molecule has 6 heteroatoms. The van der Waals surface area contributed by atoms with E-state index in [0.29, 0.717) is 5.69 Å². The molecule has 0 aliphatic rings. The van der Waals surface area contributed by atoms with E-state index in [-0.39, 0.29) is 16.9 Å². The van der Waals surface area contributed by atoms with Crippen LogP contribution in [0.15, 0.2) is 36.4 Å². The van der Waals surface area contributed by atoms with Crippen LogP contribution in [0, 0.1) is 11.6 Å². The van der Waals surface area contributed by atoms with Gasteiger partial charge in [0.05, 0.1) is 5.69 Å². The van der Waals surface area contributed by atoms with Gasteiger partial charge < -0.3 is 16.8 Å². The van der Waals surface area contributed by atoms with E-state index in [4.69, 9.17) is 11.5 Å². The summed E-state index contributed by atoms with van der Waals surface area (Å²) >= 11 is 0. The Labute approximate surface area is 108 Å². The van der Waals surface area contributed by atoms with Crippen molar-refractivity contribution in [1.29, 1.82) is 0 Å². The fourth-order valence-electron chi connectivity index (χ4n) is 1.51. The maximum atomic E-state index is 13.5. The van der Waals surface area contributed by atoms with Crippen molar-refractivity contribution in [2.75, 3.05) is 16.8 Å². The molecule has 19 heavy (non-hydrogen) atoms. The van der Waals surface area contributed by atoms with Crippen molar-refractivity contribution in [2.45, 2.75) is 0 Å². The lowest BCUT2D eigenvalue weighted by Gasteiger charge is -2.09. The molecule has 0 fully saturated rings. The monoisotopic (exact) mass is 263 g/mol. The van der Waals surface area contributed by atoms with Crippen molar-refractivity contribution in [3.63, 3.8) is 0 Å². The summed E-state index contributed by atoms with van der Waals surface area (Å²) in [7, 11) is 0. The van der Waals surface area contributed by atoms with E-state index in [1.165, 1.54) is 30.3 Å². The van der Waals surface area contributed by atoms with Crippen LogP contribution in [0.5, 0.6) is 0 Å². The van der Waals surface area contributed by atoms with E-state index in [1.807, 2.05) is 0 Å². The number of nitrogens with one attached hydrogen (secondary N) is 1. The van der Waals surface area contributed by atoms with E-state index in [9.17, 15) is 13.6 Å². The summed E-state index contributed by atoms with van der Waals surface area (Å²) in [5, 5.41) is 2.24. The lowest BCUT2D eigenvalue weighted by Crippen LogP contribution is -2.15. The number of hydrogen-bond donors (Lipinski definition) is 3. The normalized spacial score (nSPS) is 10.2. The minimum absolute atomic E-state index is 0.0531. The Morgan fingerprint density at radius 1 is 1.00 bits per heavy atom. The van der Waals surface area contributed by atoms with Gasteiger partial charge in [0.1, 0.15) is 5.69 Å². The van der Waals surface area contributed by atoms with Crippen LogP contribution >= 0.6 is 0 Å². The lowest BCUT2D eigenvalue weighted by molar-refractivity contribution is 0.102. The second-order valence-electron chi connectivity index (χ2n) is 3.90. The zero-order valence-corrected chi connectivity index (χ0v) is 9.78. The van der Waals surface area contributed by atoms with E-state index >= 15 is 0 Å². The molecule has 2 aromatic rings. The summed E-state index contributed by atoms with van der Waals surface area (Å²) < 4.78 is 26.6. The van der Waals surface area contributed by atoms with Crippen molar-refractivity contribution in [2.24, 2.45) is 0 Å². The van der Waals surface area contributed by atoms with Crippen LogP contribution < -0.4 is 16.8 Å². The van der Waals surface area contributed by atoms with Gasteiger partial charge in [-0.1, -0.05) is 0 Å². The molecule has 0 spiro atoms. The van der Waals surface area contributed by atoms with Gasteiger partial charge in [-0.15, -0.1) is 0 Å². The van der Waals surface area contributed by atoms with Gasteiger partial charge in [0.2, 0.25) is 0 Å². The summed E-state index contributed by atoms with van der Waals surface area (Å²) in [4.78, 5) is 11.8. The third kappa shape index (κ3) is 2.62. The van der Waals surface area contributed by atoms with Crippen LogP contribution in [-0.2, 0) is 0 Å². The molecule has 0 unspecified atom stereocenters. The zero-order valence-electron chi connectivity index (χ0n) is 9.78. The lowest BCUT2D eigenvalue weighted by atomic mass is 10.2. The maximum absolute atomic E-state index is 13.5. The number of nitrogens with two attached hydrogens (primary N) is 2. The van der Waals surface area contributed by atoms with Gasteiger partial charge in [0, 0.05) is 11.3 Å². The number of benzene rings is 2. The summed E-state index contributed by atoms with van der Waals surface area (Å²) in [5.74, 6) is -2.87. The molecule has 0 radical (unpaired) electrons. The van der Waals surface area contributed by atoms with E-state index in [0.717, 1.165) is 6.07 Å². The molecule has 0 atom stereocenters. The third-order valence-electron chi connectivity index (χ3n) is 2.54. The average molecular weight is 263 g/mol. The van der Waals surface area contributed by atoms with Crippen LogP contribution in [0.4, 0.5) is 25.8 Å². The molecule has 0 bridgehead atoms. The Hall–Kier alpha value is -2.63. The van der Waals surface area contributed by atoms with Crippen molar-refractivity contribution in [3.8, 4) is 0 Å². The topological polar surface area (TPSA) is 81.1 Å². The highest BCUT2D eigenvalue weighted by Gasteiger charge is 2.15. The Morgan fingerprint density at radius 2 is 1.63 bits per heavy atom. The summed E-state index contributed by atoms with van der Waals surface area (Å²) in [6.45, 7) is 0. The number of anilines is 3. The number of nitrogen functional groups attached to an aromatic ring is 2. The highest BCUT2D eigenvalue weighted by molar-refractivity contribution is 6.05. The first-order valence-electron chi connectivity index (χ1n) is 5.39. The smallest absolute Gasteiger partial charge is 0.255 e. The Balaban J connectivity index is 2.29. The van der Waals surface area contributed by atoms with Gasteiger partial charge in [-0.25, -0.2) is 8.78 Å². The van der Waals surface area contributed by atoms with Gasteiger partial charge in [0.25, 0.3) is 5.91 Å². The summed E-state index contributed by atoms with van der Waals surface area (Å²) in [6.07, 6.45) is 0. The molecule has 1 amide bonds. The SMILES string of the molecule is Nc1ccc(C(=O)Nc2c(N)ccc(F)c2F)cc1. The standard InChI is InChI=1S/C13H11F2N3O/c14-9-5-6-10(17)12(11(9)15)18-13(19)7-1-3-8(16)4-2-7/h1-6H,16-17H2,(H,18,19). The fourth-order valence-corrected chi connectivity index (χ4v) is 1.51. The molecule has 0 aliphatic carbocycles. The van der Waals surface area contributed by atoms with Crippen LogP contribution in [0.3, 0.4) is 0 Å². The van der Waals surface area contributed by atoms with Crippen molar-refractivity contribution >= 4 is 23.0 Å². The fraction of sp³-hybridized carbons (Fsp3) is 0. The summed E-state index contributed by atoms with van der Waals surface area (Å²) in [6, 6.07) is 8.07. The molecule has 5 N–H and O–H groups in total. The molecule has 98 valence electrons. The first-order chi connectivity index (χ1) is 8.99. The molecule has 0 saturated carbocycles. The van der Waals surface area contributed by atoms with E-state index in [2.05, 4.69) is 5.32 Å². The van der Waals surface area contributed by atoms with Crippen LogP contribution in [-0.4, -0.2) is 5.91 Å². The Kier molecular flexibility index (Phi) is 3.33. The third-order valence-corrected chi connectivity index (χ3v) is 2.54. The van der Waals surface area contributed by atoms with Gasteiger partial charge in [-0.2, -0.15) is 0 Å². The molecular formula is C13H11F2N3O. The Morgan fingerprint density at radius 3 is 2.26 bits per heavy atom. The number of carbonyl (C=O) groups excluding carboxylic acids is 1. The van der Waals surface area contributed by atoms with Crippen LogP contribution in [0.1, 0.15) is 10.4 Å². The predicted octanol–water partition coefficient (Wildman–Crippen LogP) is 2.38. The van der Waals surface area contributed by atoms with E-state index in [1.54, 1.807) is 0 Å². The van der Waals surface area contributed by atoms with Gasteiger partial charge in [-0.05, 0) is 36.4 Å². The van der Waals surface area contributed by atoms with Crippen LogP contribution in [0.2, 0.25) is 0 Å². The largest absolute Gasteiger partial charge is 0.399 e. The first kappa shape index (κ1) is 12.8. The highest BCUT2D eigenvalue weighted by Crippen LogP contribution is 2.25. The minimum atomic E-state index is -1.19. The number of halogens is 2. The van der Waals surface area contributed by atoms with Crippen LogP contribution in [0.25, 0.3) is 0 Å². The Bertz CT molecular complexity index is 627. The molecule has 0 heterocycles. The quantitative estimate of drug-likeness (QED) is 0.727. The molecule has 2 aromatic carbocycles. The second-order valence-corrected chi connectivity index (χ2v) is 3.90. The van der Waals surface area contributed by atoms with Crippen molar-refractivity contribution in [1.82, 2.24) is 0 Å². The maximum Gasteiger partial charge on any atom is 0.255 e. The van der Waals surface area contributed by atoms with Gasteiger partial charge in [-0.3, -0.25) is 4.79 Å². The molecular weight excluding hydrogens is 252 g/mol. The number of carbonyl (C=O) groups is 1. The summed E-state index contributed by atoms with van der Waals surface area (Å²) in [5.41, 5.74) is 11.3. The molecule has 0 aliphatic heterocycles. The zero-order chi connectivity index (χ0) is 14.0. The average Bonchev–Trinajstić information content (AvgIpc) is 2.40.